The van der Waals surface area contributed by atoms with Gasteiger partial charge in [0.25, 0.3) is 0 Å². The average Bonchev–Trinajstić information content (AvgIpc) is 2.60. The molecule has 1 atom stereocenters. The molecule has 1 saturated heterocycles. The van der Waals surface area contributed by atoms with Gasteiger partial charge in [-0.2, -0.15) is 0 Å². The standard InChI is InChI=1S/C10H13BrN4O/c11-7-2-8(13)10(14-4-7)15-5-6(3-12)1-9(15)16/h2,4,6H,1,3,5,12-13H2. The first-order valence-corrected chi connectivity index (χ1v) is 5.82. The smallest absolute Gasteiger partial charge is 0.228 e. The van der Waals surface area contributed by atoms with Crippen LogP contribution in [0, 0.1) is 5.92 Å². The zero-order valence-corrected chi connectivity index (χ0v) is 10.3. The summed E-state index contributed by atoms with van der Waals surface area (Å²) in [5.74, 6) is 0.776. The molecule has 0 saturated carbocycles. The van der Waals surface area contributed by atoms with Gasteiger partial charge in [-0.05, 0) is 34.5 Å². The number of nitrogen functional groups attached to an aromatic ring is 1. The molecule has 1 unspecified atom stereocenters. The highest BCUT2D eigenvalue weighted by Gasteiger charge is 2.31. The lowest BCUT2D eigenvalue weighted by Crippen LogP contribution is -2.27. The summed E-state index contributed by atoms with van der Waals surface area (Å²) in [4.78, 5) is 17.5. The van der Waals surface area contributed by atoms with Crippen LogP contribution in [0.2, 0.25) is 0 Å². The maximum Gasteiger partial charge on any atom is 0.228 e. The van der Waals surface area contributed by atoms with E-state index in [1.54, 1.807) is 17.2 Å². The van der Waals surface area contributed by atoms with Gasteiger partial charge in [-0.15, -0.1) is 0 Å². The molecule has 1 amide bonds. The quantitative estimate of drug-likeness (QED) is 0.839. The molecule has 16 heavy (non-hydrogen) atoms. The summed E-state index contributed by atoms with van der Waals surface area (Å²) < 4.78 is 0.802. The Balaban J connectivity index is 2.28. The SMILES string of the molecule is NCC1CC(=O)N(c2ncc(Br)cc2N)C1. The van der Waals surface area contributed by atoms with Crippen molar-refractivity contribution in [1.82, 2.24) is 4.98 Å². The maximum atomic E-state index is 11.7. The van der Waals surface area contributed by atoms with Gasteiger partial charge < -0.3 is 11.5 Å². The minimum Gasteiger partial charge on any atom is -0.396 e. The van der Waals surface area contributed by atoms with Crippen molar-refractivity contribution in [3.63, 3.8) is 0 Å². The van der Waals surface area contributed by atoms with E-state index in [-0.39, 0.29) is 11.8 Å². The van der Waals surface area contributed by atoms with E-state index >= 15 is 0 Å². The van der Waals surface area contributed by atoms with Crippen molar-refractivity contribution in [2.24, 2.45) is 11.7 Å². The van der Waals surface area contributed by atoms with Crippen molar-refractivity contribution < 1.29 is 4.79 Å². The van der Waals surface area contributed by atoms with Gasteiger partial charge in [0.15, 0.2) is 5.82 Å². The van der Waals surface area contributed by atoms with Crippen LogP contribution in [0.5, 0.6) is 0 Å². The van der Waals surface area contributed by atoms with Gasteiger partial charge in [0, 0.05) is 23.6 Å². The van der Waals surface area contributed by atoms with Gasteiger partial charge in [0.1, 0.15) is 0 Å². The molecule has 5 nitrogen and oxygen atoms in total. The zero-order valence-electron chi connectivity index (χ0n) is 8.69. The number of nitrogens with zero attached hydrogens (tertiary/aromatic N) is 2. The molecule has 6 heteroatoms. The minimum atomic E-state index is 0.0389. The molecular formula is C10H13BrN4O. The molecular weight excluding hydrogens is 272 g/mol. The van der Waals surface area contributed by atoms with Crippen molar-refractivity contribution in [3.05, 3.63) is 16.7 Å². The zero-order chi connectivity index (χ0) is 11.7. The van der Waals surface area contributed by atoms with Gasteiger partial charge in [-0.25, -0.2) is 4.98 Å². The van der Waals surface area contributed by atoms with Crippen molar-refractivity contribution in [2.75, 3.05) is 23.7 Å². The van der Waals surface area contributed by atoms with Crippen LogP contribution >= 0.6 is 15.9 Å². The Morgan fingerprint density at radius 1 is 1.62 bits per heavy atom. The number of hydrogen-bond donors (Lipinski definition) is 2. The fraction of sp³-hybridized carbons (Fsp3) is 0.400. The van der Waals surface area contributed by atoms with Crippen LogP contribution in [-0.2, 0) is 4.79 Å². The summed E-state index contributed by atoms with van der Waals surface area (Å²) in [6.07, 6.45) is 2.11. The van der Waals surface area contributed by atoms with E-state index in [2.05, 4.69) is 20.9 Å². The summed E-state index contributed by atoms with van der Waals surface area (Å²) in [7, 11) is 0. The lowest BCUT2D eigenvalue weighted by Gasteiger charge is -2.17. The molecule has 2 heterocycles. The minimum absolute atomic E-state index is 0.0389. The monoisotopic (exact) mass is 284 g/mol. The number of rotatable bonds is 2. The number of halogens is 1. The third-order valence-electron chi connectivity index (χ3n) is 2.66. The van der Waals surface area contributed by atoms with Crippen LogP contribution in [0.25, 0.3) is 0 Å². The third kappa shape index (κ3) is 2.03. The Morgan fingerprint density at radius 3 is 2.94 bits per heavy atom. The first-order valence-electron chi connectivity index (χ1n) is 5.03. The topological polar surface area (TPSA) is 85.2 Å². The normalized spacial score (nSPS) is 20.5. The molecule has 1 aliphatic rings. The molecule has 1 aromatic heterocycles. The molecule has 1 aromatic rings. The molecule has 0 aliphatic carbocycles. The number of carbonyl (C=O) groups is 1. The summed E-state index contributed by atoms with van der Waals surface area (Å²) in [5, 5.41) is 0. The van der Waals surface area contributed by atoms with Gasteiger partial charge in [0.2, 0.25) is 5.91 Å². The summed E-state index contributed by atoms with van der Waals surface area (Å²) in [6, 6.07) is 1.74. The van der Waals surface area contributed by atoms with Crippen LogP contribution < -0.4 is 16.4 Å². The Hall–Kier alpha value is -1.14. The third-order valence-corrected chi connectivity index (χ3v) is 3.09. The van der Waals surface area contributed by atoms with E-state index in [1.165, 1.54) is 0 Å². The van der Waals surface area contributed by atoms with Gasteiger partial charge in [0.05, 0.1) is 5.69 Å². The molecule has 1 aliphatic heterocycles. The second kappa shape index (κ2) is 4.39. The van der Waals surface area contributed by atoms with Gasteiger partial charge in [-0.1, -0.05) is 0 Å². The number of aromatic nitrogens is 1. The Morgan fingerprint density at radius 2 is 2.38 bits per heavy atom. The van der Waals surface area contributed by atoms with Crippen molar-refractivity contribution in [3.8, 4) is 0 Å². The van der Waals surface area contributed by atoms with Crippen molar-refractivity contribution >= 4 is 33.3 Å². The molecule has 2 rings (SSSR count). The summed E-state index contributed by atoms with van der Waals surface area (Å²) in [6.45, 7) is 1.12. The van der Waals surface area contributed by atoms with Crippen molar-refractivity contribution in [2.45, 2.75) is 6.42 Å². The lowest BCUT2D eigenvalue weighted by atomic mass is 10.1. The molecule has 0 radical (unpaired) electrons. The Bertz CT molecular complexity index is 423. The number of amides is 1. The maximum absolute atomic E-state index is 11.7. The van der Waals surface area contributed by atoms with Crippen LogP contribution in [0.15, 0.2) is 16.7 Å². The van der Waals surface area contributed by atoms with E-state index in [9.17, 15) is 4.79 Å². The van der Waals surface area contributed by atoms with Crippen LogP contribution in [0.4, 0.5) is 11.5 Å². The largest absolute Gasteiger partial charge is 0.396 e. The fourth-order valence-corrected chi connectivity index (χ4v) is 2.17. The number of nitrogens with two attached hydrogens (primary N) is 2. The van der Waals surface area contributed by atoms with Crippen LogP contribution in [0.1, 0.15) is 6.42 Å². The number of pyridine rings is 1. The molecule has 4 N–H and O–H groups in total. The lowest BCUT2D eigenvalue weighted by molar-refractivity contribution is -0.117. The van der Waals surface area contributed by atoms with E-state index in [0.717, 1.165) is 4.47 Å². The van der Waals surface area contributed by atoms with E-state index in [0.29, 0.717) is 31.0 Å². The molecule has 0 aromatic carbocycles. The number of anilines is 2. The Kier molecular flexibility index (Phi) is 3.11. The molecule has 0 spiro atoms. The molecule has 1 fully saturated rings. The summed E-state index contributed by atoms with van der Waals surface area (Å²) >= 11 is 3.28. The predicted octanol–water partition coefficient (Wildman–Crippen LogP) is 0.738. The second-order valence-electron chi connectivity index (χ2n) is 3.88. The number of hydrogen-bond acceptors (Lipinski definition) is 4. The van der Waals surface area contributed by atoms with Crippen LogP contribution in [0.3, 0.4) is 0 Å². The highest BCUT2D eigenvalue weighted by molar-refractivity contribution is 9.10. The first kappa shape index (κ1) is 11.3. The first-order chi connectivity index (χ1) is 7.61. The highest BCUT2D eigenvalue weighted by Crippen LogP contribution is 2.28. The van der Waals surface area contributed by atoms with E-state index < -0.39 is 0 Å². The average molecular weight is 285 g/mol. The number of carbonyl (C=O) groups excluding carboxylic acids is 1. The predicted molar refractivity (Wildman–Crippen MR) is 65.9 cm³/mol. The van der Waals surface area contributed by atoms with Crippen molar-refractivity contribution in [1.29, 1.82) is 0 Å². The second-order valence-corrected chi connectivity index (χ2v) is 4.79. The molecule has 0 bridgehead atoms. The van der Waals surface area contributed by atoms with Gasteiger partial charge in [-0.3, -0.25) is 9.69 Å². The van der Waals surface area contributed by atoms with Crippen LogP contribution in [-0.4, -0.2) is 24.0 Å². The molecule has 86 valence electrons. The van der Waals surface area contributed by atoms with E-state index in [4.69, 9.17) is 11.5 Å². The van der Waals surface area contributed by atoms with E-state index in [1.807, 2.05) is 0 Å². The summed E-state index contributed by atoms with van der Waals surface area (Å²) in [5.41, 5.74) is 11.9. The Labute approximate surface area is 102 Å². The highest BCUT2D eigenvalue weighted by atomic mass is 79.9. The van der Waals surface area contributed by atoms with Gasteiger partial charge >= 0.3 is 0 Å². The fourth-order valence-electron chi connectivity index (χ4n) is 1.82.